The summed E-state index contributed by atoms with van der Waals surface area (Å²) in [7, 11) is 0. The number of rotatable bonds is 4. The van der Waals surface area contributed by atoms with E-state index < -0.39 is 0 Å². The van der Waals surface area contributed by atoms with Crippen molar-refractivity contribution in [3.05, 3.63) is 30.3 Å². The maximum atomic E-state index is 11.8. The lowest BCUT2D eigenvalue weighted by Crippen LogP contribution is -2.49. The van der Waals surface area contributed by atoms with Crippen molar-refractivity contribution in [2.45, 2.75) is 19.4 Å². The first-order chi connectivity index (χ1) is 8.75. The van der Waals surface area contributed by atoms with Crippen LogP contribution in [-0.4, -0.2) is 31.6 Å². The van der Waals surface area contributed by atoms with Gasteiger partial charge in [0, 0.05) is 11.7 Å². The molecule has 1 aromatic carbocycles. The number of hydrogen-bond acceptors (Lipinski definition) is 3. The van der Waals surface area contributed by atoms with Crippen LogP contribution in [0.1, 0.15) is 13.3 Å². The van der Waals surface area contributed by atoms with E-state index in [0.717, 1.165) is 25.2 Å². The van der Waals surface area contributed by atoms with Crippen LogP contribution in [0.5, 0.6) is 0 Å². The Balaban J connectivity index is 1.75. The summed E-state index contributed by atoms with van der Waals surface area (Å²) in [6.07, 6.45) is 1.01. The summed E-state index contributed by atoms with van der Waals surface area (Å²) in [4.78, 5) is 11.8. The average molecular weight is 247 g/mol. The Labute approximate surface area is 108 Å². The van der Waals surface area contributed by atoms with Crippen molar-refractivity contribution in [1.29, 1.82) is 0 Å². The topological polar surface area (TPSA) is 53.2 Å². The number of anilines is 1. The van der Waals surface area contributed by atoms with Crippen molar-refractivity contribution in [2.75, 3.05) is 25.0 Å². The van der Waals surface area contributed by atoms with Crippen molar-refractivity contribution >= 4 is 11.6 Å². The zero-order chi connectivity index (χ0) is 12.8. The molecule has 1 saturated heterocycles. The van der Waals surface area contributed by atoms with Gasteiger partial charge in [0.05, 0.1) is 6.54 Å². The molecule has 0 saturated carbocycles. The Bertz CT molecular complexity index is 380. The Hall–Kier alpha value is -1.55. The molecule has 0 spiro atoms. The van der Waals surface area contributed by atoms with E-state index in [2.05, 4.69) is 22.9 Å². The molecule has 4 nitrogen and oxygen atoms in total. The lowest BCUT2D eigenvalue weighted by Gasteiger charge is -2.30. The Morgan fingerprint density at radius 2 is 2.17 bits per heavy atom. The molecule has 2 unspecified atom stereocenters. The molecule has 0 aliphatic carbocycles. The van der Waals surface area contributed by atoms with E-state index in [1.807, 2.05) is 30.3 Å². The first kappa shape index (κ1) is 12.9. The quantitative estimate of drug-likeness (QED) is 0.749. The Morgan fingerprint density at radius 1 is 1.39 bits per heavy atom. The third-order valence-corrected chi connectivity index (χ3v) is 3.36. The maximum absolute atomic E-state index is 11.8. The van der Waals surface area contributed by atoms with Crippen LogP contribution >= 0.6 is 0 Å². The van der Waals surface area contributed by atoms with E-state index >= 15 is 0 Å². The molecule has 4 heteroatoms. The fourth-order valence-corrected chi connectivity index (χ4v) is 2.22. The van der Waals surface area contributed by atoms with E-state index in [9.17, 15) is 4.79 Å². The van der Waals surface area contributed by atoms with Gasteiger partial charge in [0.15, 0.2) is 0 Å². The van der Waals surface area contributed by atoms with Gasteiger partial charge in [-0.25, -0.2) is 0 Å². The fraction of sp³-hybridized carbons (Fsp3) is 0.500. The molecular formula is C14H21N3O. The first-order valence-corrected chi connectivity index (χ1v) is 6.54. The molecule has 18 heavy (non-hydrogen) atoms. The largest absolute Gasteiger partial charge is 0.376 e. The molecule has 1 aliphatic rings. The molecule has 98 valence electrons. The van der Waals surface area contributed by atoms with Crippen molar-refractivity contribution in [2.24, 2.45) is 5.92 Å². The number of amides is 1. The van der Waals surface area contributed by atoms with Crippen molar-refractivity contribution in [3.63, 3.8) is 0 Å². The second-order valence-electron chi connectivity index (χ2n) is 4.86. The number of piperidine rings is 1. The van der Waals surface area contributed by atoms with Crippen LogP contribution in [0.25, 0.3) is 0 Å². The summed E-state index contributed by atoms with van der Waals surface area (Å²) >= 11 is 0. The average Bonchev–Trinajstić information content (AvgIpc) is 2.40. The van der Waals surface area contributed by atoms with Gasteiger partial charge < -0.3 is 16.0 Å². The first-order valence-electron chi connectivity index (χ1n) is 6.54. The molecule has 1 fully saturated rings. The summed E-state index contributed by atoms with van der Waals surface area (Å²) in [6.45, 7) is 4.47. The number of para-hydroxylation sites is 1. The predicted molar refractivity (Wildman–Crippen MR) is 73.5 cm³/mol. The van der Waals surface area contributed by atoms with E-state index in [-0.39, 0.29) is 5.91 Å². The van der Waals surface area contributed by atoms with Crippen LogP contribution in [0.2, 0.25) is 0 Å². The lowest BCUT2D eigenvalue weighted by atomic mass is 9.95. The molecule has 1 aromatic rings. The van der Waals surface area contributed by atoms with Gasteiger partial charge in [-0.2, -0.15) is 0 Å². The minimum atomic E-state index is 0.0672. The zero-order valence-corrected chi connectivity index (χ0v) is 10.8. The molecule has 1 heterocycles. The molecule has 2 atom stereocenters. The fourth-order valence-electron chi connectivity index (χ4n) is 2.22. The molecule has 1 aliphatic heterocycles. The Kier molecular flexibility index (Phi) is 4.59. The molecular weight excluding hydrogens is 226 g/mol. The third-order valence-electron chi connectivity index (χ3n) is 3.36. The van der Waals surface area contributed by atoms with Crippen molar-refractivity contribution in [1.82, 2.24) is 10.6 Å². The van der Waals surface area contributed by atoms with Gasteiger partial charge in [-0.1, -0.05) is 25.1 Å². The molecule has 0 aromatic heterocycles. The highest BCUT2D eigenvalue weighted by atomic mass is 16.2. The van der Waals surface area contributed by atoms with Crippen LogP contribution in [0.15, 0.2) is 30.3 Å². The molecule has 1 amide bonds. The summed E-state index contributed by atoms with van der Waals surface area (Å²) < 4.78 is 0. The molecule has 3 N–H and O–H groups in total. The second-order valence-corrected chi connectivity index (χ2v) is 4.86. The third kappa shape index (κ3) is 3.74. The smallest absolute Gasteiger partial charge is 0.239 e. The molecule has 0 radical (unpaired) electrons. The van der Waals surface area contributed by atoms with Crippen LogP contribution < -0.4 is 16.0 Å². The monoisotopic (exact) mass is 247 g/mol. The van der Waals surface area contributed by atoms with E-state index in [1.165, 1.54) is 0 Å². The number of nitrogens with one attached hydrogen (secondary N) is 3. The minimum Gasteiger partial charge on any atom is -0.376 e. The van der Waals surface area contributed by atoms with Gasteiger partial charge in [0.1, 0.15) is 0 Å². The normalized spacial score (nSPS) is 23.4. The van der Waals surface area contributed by atoms with Gasteiger partial charge in [-0.3, -0.25) is 4.79 Å². The zero-order valence-electron chi connectivity index (χ0n) is 10.8. The highest BCUT2D eigenvalue weighted by Gasteiger charge is 2.22. The summed E-state index contributed by atoms with van der Waals surface area (Å²) in [6, 6.07) is 10.1. The standard InChI is InChI=1S/C14H21N3O/c1-11-9-15-8-7-13(11)17-14(18)10-16-12-5-3-2-4-6-12/h2-6,11,13,15-16H,7-10H2,1H3,(H,17,18). The summed E-state index contributed by atoms with van der Waals surface area (Å²) in [5.74, 6) is 0.567. The highest BCUT2D eigenvalue weighted by Crippen LogP contribution is 2.10. The van der Waals surface area contributed by atoms with Gasteiger partial charge in [-0.15, -0.1) is 0 Å². The Morgan fingerprint density at radius 3 is 2.89 bits per heavy atom. The van der Waals surface area contributed by atoms with Crippen LogP contribution in [0.4, 0.5) is 5.69 Å². The van der Waals surface area contributed by atoms with E-state index in [0.29, 0.717) is 18.5 Å². The number of benzene rings is 1. The number of hydrogen-bond donors (Lipinski definition) is 3. The SMILES string of the molecule is CC1CNCCC1NC(=O)CNc1ccccc1. The van der Waals surface area contributed by atoms with Crippen molar-refractivity contribution < 1.29 is 4.79 Å². The maximum Gasteiger partial charge on any atom is 0.239 e. The molecule has 2 rings (SSSR count). The minimum absolute atomic E-state index is 0.0672. The molecule has 0 bridgehead atoms. The predicted octanol–water partition coefficient (Wildman–Crippen LogP) is 1.21. The van der Waals surface area contributed by atoms with Gasteiger partial charge in [0.25, 0.3) is 0 Å². The lowest BCUT2D eigenvalue weighted by molar-refractivity contribution is -0.120. The van der Waals surface area contributed by atoms with Crippen molar-refractivity contribution in [3.8, 4) is 0 Å². The van der Waals surface area contributed by atoms with E-state index in [4.69, 9.17) is 0 Å². The van der Waals surface area contributed by atoms with Crippen LogP contribution in [0.3, 0.4) is 0 Å². The highest BCUT2D eigenvalue weighted by molar-refractivity contribution is 5.81. The van der Waals surface area contributed by atoms with Gasteiger partial charge in [0.2, 0.25) is 5.91 Å². The van der Waals surface area contributed by atoms with Gasteiger partial charge >= 0.3 is 0 Å². The number of carbonyl (C=O) groups excluding carboxylic acids is 1. The number of carbonyl (C=O) groups is 1. The summed E-state index contributed by atoms with van der Waals surface area (Å²) in [5.41, 5.74) is 0.978. The van der Waals surface area contributed by atoms with Gasteiger partial charge in [-0.05, 0) is 37.6 Å². The second kappa shape index (κ2) is 6.40. The van der Waals surface area contributed by atoms with Crippen LogP contribution in [-0.2, 0) is 4.79 Å². The van der Waals surface area contributed by atoms with Crippen LogP contribution in [0, 0.1) is 5.92 Å². The van der Waals surface area contributed by atoms with E-state index in [1.54, 1.807) is 0 Å². The summed E-state index contributed by atoms with van der Waals surface area (Å²) in [5, 5.41) is 9.55.